The van der Waals surface area contributed by atoms with Crippen molar-refractivity contribution in [2.45, 2.75) is 19.0 Å². The van der Waals surface area contributed by atoms with E-state index in [1.807, 2.05) is 30.3 Å². The largest absolute Gasteiger partial charge is 0.494 e. The zero-order valence-corrected chi connectivity index (χ0v) is 19.2. The van der Waals surface area contributed by atoms with Crippen LogP contribution in [0.4, 0.5) is 9.18 Å². The van der Waals surface area contributed by atoms with Crippen LogP contribution in [0.2, 0.25) is 0 Å². The first-order chi connectivity index (χ1) is 16.4. The maximum absolute atomic E-state index is 14.0. The molecule has 0 radical (unpaired) electrons. The Balaban J connectivity index is 1.20. The summed E-state index contributed by atoms with van der Waals surface area (Å²) in [7, 11) is 1.45. The molecule has 2 aliphatic heterocycles. The van der Waals surface area contributed by atoms with Gasteiger partial charge in [-0.25, -0.2) is 14.1 Å². The second-order valence-electron chi connectivity index (χ2n) is 8.94. The topological polar surface area (TPSA) is 78.3 Å². The van der Waals surface area contributed by atoms with Gasteiger partial charge >= 0.3 is 6.03 Å². The van der Waals surface area contributed by atoms with E-state index < -0.39 is 11.6 Å². The van der Waals surface area contributed by atoms with E-state index in [0.29, 0.717) is 31.0 Å². The minimum atomic E-state index is -1.24. The number of benzene rings is 2. The van der Waals surface area contributed by atoms with Gasteiger partial charge in [0.05, 0.1) is 13.8 Å². The van der Waals surface area contributed by atoms with Crippen LogP contribution in [0.25, 0.3) is 11.0 Å². The minimum absolute atomic E-state index is 0.214. The molecule has 2 aliphatic rings. The molecular formula is C25H27FN4O4. The molecule has 1 N–H and O–H groups in total. The predicted octanol–water partition coefficient (Wildman–Crippen LogP) is 3.12. The SMILES string of the molecule is COc1ccc(CN2CCN(CN3C(=O)NC(C)(c4cc5ccccc5o4)C3=O)CC2)cc1F. The highest BCUT2D eigenvalue weighted by Crippen LogP contribution is 2.33. The quantitative estimate of drug-likeness (QED) is 0.563. The summed E-state index contributed by atoms with van der Waals surface area (Å²) in [5, 5.41) is 3.70. The fourth-order valence-electron chi connectivity index (χ4n) is 4.58. The van der Waals surface area contributed by atoms with E-state index in [1.54, 1.807) is 19.1 Å². The summed E-state index contributed by atoms with van der Waals surface area (Å²) in [6, 6.07) is 13.9. The number of amides is 3. The molecule has 3 heterocycles. The molecule has 3 amide bonds. The number of furan rings is 1. The first-order valence-corrected chi connectivity index (χ1v) is 11.3. The number of imide groups is 1. The minimum Gasteiger partial charge on any atom is -0.494 e. The number of rotatable bonds is 6. The molecule has 8 nitrogen and oxygen atoms in total. The molecule has 0 aliphatic carbocycles. The van der Waals surface area contributed by atoms with Crippen LogP contribution < -0.4 is 10.1 Å². The van der Waals surface area contributed by atoms with Crippen molar-refractivity contribution in [3.8, 4) is 5.75 Å². The monoisotopic (exact) mass is 466 g/mol. The lowest BCUT2D eigenvalue weighted by Crippen LogP contribution is -2.51. The summed E-state index contributed by atoms with van der Waals surface area (Å²) in [6.45, 7) is 5.40. The van der Waals surface area contributed by atoms with Gasteiger partial charge in [0.2, 0.25) is 0 Å². The molecule has 178 valence electrons. The van der Waals surface area contributed by atoms with Crippen molar-refractivity contribution in [1.29, 1.82) is 0 Å². The molecular weight excluding hydrogens is 439 g/mol. The van der Waals surface area contributed by atoms with Crippen LogP contribution in [-0.2, 0) is 16.9 Å². The van der Waals surface area contributed by atoms with Gasteiger partial charge in [-0.3, -0.25) is 14.6 Å². The maximum Gasteiger partial charge on any atom is 0.326 e. The zero-order chi connectivity index (χ0) is 23.9. The molecule has 1 atom stereocenters. The van der Waals surface area contributed by atoms with E-state index in [1.165, 1.54) is 18.1 Å². The van der Waals surface area contributed by atoms with Crippen molar-refractivity contribution in [3.05, 3.63) is 65.7 Å². The van der Waals surface area contributed by atoms with Gasteiger partial charge in [0.1, 0.15) is 11.3 Å². The van der Waals surface area contributed by atoms with E-state index in [2.05, 4.69) is 15.1 Å². The van der Waals surface area contributed by atoms with Gasteiger partial charge in [-0.2, -0.15) is 0 Å². The second-order valence-corrected chi connectivity index (χ2v) is 8.94. The third-order valence-corrected chi connectivity index (χ3v) is 6.62. The Morgan fingerprint density at radius 3 is 2.50 bits per heavy atom. The molecule has 3 aromatic rings. The number of carbonyl (C=O) groups excluding carboxylic acids is 2. The third-order valence-electron chi connectivity index (χ3n) is 6.62. The number of nitrogens with one attached hydrogen (secondary N) is 1. The molecule has 2 saturated heterocycles. The van der Waals surface area contributed by atoms with E-state index in [0.717, 1.165) is 24.0 Å². The van der Waals surface area contributed by atoms with E-state index >= 15 is 0 Å². The molecule has 2 fully saturated rings. The lowest BCUT2D eigenvalue weighted by atomic mass is 9.99. The molecule has 1 unspecified atom stereocenters. The summed E-state index contributed by atoms with van der Waals surface area (Å²) >= 11 is 0. The highest BCUT2D eigenvalue weighted by molar-refractivity contribution is 6.07. The average molecular weight is 467 g/mol. The Bertz CT molecular complexity index is 1200. The first kappa shape index (κ1) is 22.4. The van der Waals surface area contributed by atoms with Crippen LogP contribution in [-0.4, -0.2) is 66.6 Å². The summed E-state index contributed by atoms with van der Waals surface area (Å²) in [5.41, 5.74) is 0.311. The van der Waals surface area contributed by atoms with Crippen molar-refractivity contribution in [3.63, 3.8) is 0 Å². The van der Waals surface area contributed by atoms with E-state index in [9.17, 15) is 14.0 Å². The van der Waals surface area contributed by atoms with Crippen molar-refractivity contribution in [2.24, 2.45) is 0 Å². The number of halogens is 1. The van der Waals surface area contributed by atoms with Gasteiger partial charge in [-0.1, -0.05) is 24.3 Å². The van der Waals surface area contributed by atoms with E-state index in [-0.39, 0.29) is 24.1 Å². The van der Waals surface area contributed by atoms with Crippen molar-refractivity contribution in [1.82, 2.24) is 20.0 Å². The molecule has 5 rings (SSSR count). The number of carbonyl (C=O) groups is 2. The number of para-hydroxylation sites is 1. The molecule has 9 heteroatoms. The number of urea groups is 1. The van der Waals surface area contributed by atoms with Crippen LogP contribution in [0.3, 0.4) is 0 Å². The Labute approximate surface area is 196 Å². The van der Waals surface area contributed by atoms with Crippen LogP contribution in [0.5, 0.6) is 5.75 Å². The maximum atomic E-state index is 14.0. The zero-order valence-electron chi connectivity index (χ0n) is 19.2. The van der Waals surface area contributed by atoms with Crippen LogP contribution in [0.15, 0.2) is 52.9 Å². The molecule has 34 heavy (non-hydrogen) atoms. The predicted molar refractivity (Wildman–Crippen MR) is 124 cm³/mol. The lowest BCUT2D eigenvalue weighted by molar-refractivity contribution is -0.133. The van der Waals surface area contributed by atoms with Crippen molar-refractivity contribution in [2.75, 3.05) is 40.0 Å². The van der Waals surface area contributed by atoms with Gasteiger partial charge < -0.3 is 14.5 Å². The Morgan fingerprint density at radius 1 is 1.06 bits per heavy atom. The molecule has 1 aromatic heterocycles. The lowest BCUT2D eigenvalue weighted by Gasteiger charge is -2.36. The second kappa shape index (κ2) is 8.73. The van der Waals surface area contributed by atoms with Gasteiger partial charge in [0.15, 0.2) is 17.1 Å². The number of ether oxygens (including phenoxy) is 1. The van der Waals surface area contributed by atoms with Crippen molar-refractivity contribution >= 4 is 22.9 Å². The summed E-state index contributed by atoms with van der Waals surface area (Å²) in [5.74, 6) is -0.0414. The third kappa shape index (κ3) is 4.01. The Morgan fingerprint density at radius 2 is 1.79 bits per heavy atom. The van der Waals surface area contributed by atoms with Crippen molar-refractivity contribution < 1.29 is 23.1 Å². The molecule has 0 spiro atoms. The summed E-state index contributed by atoms with van der Waals surface area (Å²) in [6.07, 6.45) is 0. The first-order valence-electron chi connectivity index (χ1n) is 11.3. The molecule has 0 bridgehead atoms. The number of methoxy groups -OCH3 is 1. The average Bonchev–Trinajstić information content (AvgIpc) is 3.36. The number of hydrogen-bond acceptors (Lipinski definition) is 6. The van der Waals surface area contributed by atoms with Gasteiger partial charge in [0, 0.05) is 38.1 Å². The summed E-state index contributed by atoms with van der Waals surface area (Å²) in [4.78, 5) is 31.6. The Kier molecular flexibility index (Phi) is 5.75. The van der Waals surface area contributed by atoms with Crippen LogP contribution in [0, 0.1) is 5.82 Å². The Hall–Kier alpha value is -3.43. The van der Waals surface area contributed by atoms with Gasteiger partial charge in [0.25, 0.3) is 5.91 Å². The number of nitrogens with zero attached hydrogens (tertiary/aromatic N) is 3. The van der Waals surface area contributed by atoms with Crippen LogP contribution >= 0.6 is 0 Å². The fourth-order valence-corrected chi connectivity index (χ4v) is 4.58. The number of fused-ring (bicyclic) bond motifs is 1. The summed E-state index contributed by atoms with van der Waals surface area (Å²) < 4.78 is 24.8. The normalized spacial score (nSPS) is 21.9. The van der Waals surface area contributed by atoms with Gasteiger partial charge in [-0.05, 0) is 36.8 Å². The highest BCUT2D eigenvalue weighted by atomic mass is 19.1. The number of piperazine rings is 1. The fraction of sp³-hybridized carbons (Fsp3) is 0.360. The van der Waals surface area contributed by atoms with E-state index in [4.69, 9.17) is 9.15 Å². The number of hydrogen-bond donors (Lipinski definition) is 1. The highest BCUT2D eigenvalue weighted by Gasteiger charge is 2.51. The standard InChI is InChI=1S/C25H27FN4O4/c1-25(22-14-18-5-3-4-6-20(18)34-22)23(31)30(24(32)27-25)16-29-11-9-28(10-12-29)15-17-7-8-21(33-2)19(26)13-17/h3-8,13-14H,9-12,15-16H2,1-2H3,(H,27,32). The smallest absolute Gasteiger partial charge is 0.326 e. The molecule has 0 saturated carbocycles. The van der Waals surface area contributed by atoms with Gasteiger partial charge in [-0.15, -0.1) is 0 Å². The molecule has 2 aromatic carbocycles. The van der Waals surface area contributed by atoms with Crippen LogP contribution in [0.1, 0.15) is 18.2 Å².